The predicted octanol–water partition coefficient (Wildman–Crippen LogP) is 2.37. The third kappa shape index (κ3) is 3.42. The number of fused-ring (bicyclic) bond motifs is 2. The third-order valence-corrected chi connectivity index (χ3v) is 5.59. The molecule has 3 aliphatic rings. The van der Waals surface area contributed by atoms with E-state index >= 15 is 0 Å². The van der Waals surface area contributed by atoms with Gasteiger partial charge in [0.05, 0.1) is 6.61 Å². The maximum Gasteiger partial charge on any atom is 0.231 e. The van der Waals surface area contributed by atoms with Crippen molar-refractivity contribution >= 4 is 0 Å². The Hall–Kier alpha value is -2.44. The minimum Gasteiger partial charge on any atom is -0.507 e. The predicted molar refractivity (Wildman–Crippen MR) is 100 cm³/mol. The minimum absolute atomic E-state index is 0.228. The lowest BCUT2D eigenvalue weighted by Crippen LogP contribution is -2.45. The molecule has 0 aromatic heterocycles. The quantitative estimate of drug-likeness (QED) is 0.894. The Kier molecular flexibility index (Phi) is 4.30. The average Bonchev–Trinajstić information content (AvgIpc) is 3.32. The van der Waals surface area contributed by atoms with Gasteiger partial charge in [-0.05, 0) is 23.3 Å². The Bertz CT molecular complexity index is 846. The van der Waals surface area contributed by atoms with Crippen molar-refractivity contribution in [3.8, 4) is 23.0 Å². The van der Waals surface area contributed by atoms with Crippen molar-refractivity contribution in [1.29, 1.82) is 0 Å². The van der Waals surface area contributed by atoms with Crippen LogP contribution in [0, 0.1) is 0 Å². The number of hydrogen-bond acceptors (Lipinski definition) is 6. The highest BCUT2D eigenvalue weighted by atomic mass is 16.7. The summed E-state index contributed by atoms with van der Waals surface area (Å²) in [4.78, 5) is 4.87. The highest BCUT2D eigenvalue weighted by Gasteiger charge is 2.22. The monoisotopic (exact) mass is 368 g/mol. The number of aromatic hydroxyl groups is 1. The van der Waals surface area contributed by atoms with Crippen molar-refractivity contribution in [2.24, 2.45) is 0 Å². The second-order valence-corrected chi connectivity index (χ2v) is 7.43. The molecule has 6 nitrogen and oxygen atoms in total. The van der Waals surface area contributed by atoms with E-state index < -0.39 is 0 Å². The first kappa shape index (κ1) is 16.7. The van der Waals surface area contributed by atoms with E-state index in [0.29, 0.717) is 5.75 Å². The summed E-state index contributed by atoms with van der Waals surface area (Å²) in [6, 6.07) is 10.1. The van der Waals surface area contributed by atoms with Gasteiger partial charge in [0, 0.05) is 57.3 Å². The topological polar surface area (TPSA) is 54.4 Å². The number of hydrogen-bond donors (Lipinski definition) is 1. The zero-order valence-electron chi connectivity index (χ0n) is 15.3. The summed E-state index contributed by atoms with van der Waals surface area (Å²) >= 11 is 0. The summed E-state index contributed by atoms with van der Waals surface area (Å²) < 4.78 is 16.3. The van der Waals surface area contributed by atoms with Crippen molar-refractivity contribution in [1.82, 2.24) is 9.80 Å². The Morgan fingerprint density at radius 1 is 0.815 bits per heavy atom. The van der Waals surface area contributed by atoms with Gasteiger partial charge >= 0.3 is 0 Å². The molecule has 0 amide bonds. The lowest BCUT2D eigenvalue weighted by molar-refractivity contribution is 0.121. The Labute approximate surface area is 158 Å². The first-order chi connectivity index (χ1) is 13.2. The summed E-state index contributed by atoms with van der Waals surface area (Å²) in [7, 11) is 0. The standard InChI is InChI=1S/C21H24N2O4/c24-18-11-21-20(26-14-27-21)10-17(18)13-23-6-4-22(5-7-23)12-15-1-2-19-16(9-15)3-8-25-19/h1-2,9-11,24H,3-8,12-14H2. The molecule has 3 aliphatic heterocycles. The number of phenolic OH excluding ortho intramolecular Hbond substituents is 1. The molecule has 0 spiro atoms. The molecule has 6 heteroatoms. The lowest BCUT2D eigenvalue weighted by Gasteiger charge is -2.34. The van der Waals surface area contributed by atoms with Gasteiger partial charge < -0.3 is 19.3 Å². The van der Waals surface area contributed by atoms with Crippen LogP contribution in [0.4, 0.5) is 0 Å². The summed E-state index contributed by atoms with van der Waals surface area (Å²) in [5.74, 6) is 2.68. The van der Waals surface area contributed by atoms with Crippen LogP contribution in [-0.4, -0.2) is 54.5 Å². The number of nitrogens with zero attached hydrogens (tertiary/aromatic N) is 2. The highest BCUT2D eigenvalue weighted by Crippen LogP contribution is 2.38. The molecule has 0 unspecified atom stereocenters. The van der Waals surface area contributed by atoms with Crippen LogP contribution in [0.2, 0.25) is 0 Å². The van der Waals surface area contributed by atoms with Crippen molar-refractivity contribution in [3.05, 3.63) is 47.0 Å². The van der Waals surface area contributed by atoms with Crippen molar-refractivity contribution < 1.29 is 19.3 Å². The van der Waals surface area contributed by atoms with Crippen LogP contribution in [0.3, 0.4) is 0 Å². The zero-order valence-corrected chi connectivity index (χ0v) is 15.3. The molecular formula is C21H24N2O4. The van der Waals surface area contributed by atoms with Crippen molar-refractivity contribution in [2.45, 2.75) is 19.5 Å². The second kappa shape index (κ2) is 6.94. The van der Waals surface area contributed by atoms with Crippen LogP contribution >= 0.6 is 0 Å². The van der Waals surface area contributed by atoms with E-state index in [1.807, 2.05) is 6.07 Å². The fraction of sp³-hybridized carbons (Fsp3) is 0.429. The van der Waals surface area contributed by atoms with E-state index in [2.05, 4.69) is 28.0 Å². The Balaban J connectivity index is 1.17. The van der Waals surface area contributed by atoms with E-state index in [-0.39, 0.29) is 12.5 Å². The SMILES string of the molecule is Oc1cc2c(cc1CN1CCN(Cc3ccc4c(c3)CCO4)CC1)OCO2. The minimum atomic E-state index is 0.228. The molecule has 1 N–H and O–H groups in total. The summed E-state index contributed by atoms with van der Waals surface area (Å²) in [6.07, 6.45) is 1.02. The molecule has 1 saturated heterocycles. The maximum atomic E-state index is 10.2. The van der Waals surface area contributed by atoms with E-state index in [1.165, 1.54) is 11.1 Å². The van der Waals surface area contributed by atoms with Gasteiger partial charge in [-0.2, -0.15) is 0 Å². The molecule has 142 valence electrons. The number of rotatable bonds is 4. The van der Waals surface area contributed by atoms with Crippen LogP contribution in [0.25, 0.3) is 0 Å². The Morgan fingerprint density at radius 3 is 2.37 bits per heavy atom. The first-order valence-electron chi connectivity index (χ1n) is 9.55. The molecule has 27 heavy (non-hydrogen) atoms. The molecule has 1 fully saturated rings. The smallest absolute Gasteiger partial charge is 0.231 e. The van der Waals surface area contributed by atoms with E-state index in [1.54, 1.807) is 6.07 Å². The number of benzene rings is 2. The largest absolute Gasteiger partial charge is 0.507 e. The van der Waals surface area contributed by atoms with Crippen molar-refractivity contribution in [2.75, 3.05) is 39.6 Å². The van der Waals surface area contributed by atoms with Crippen LogP contribution in [0.15, 0.2) is 30.3 Å². The van der Waals surface area contributed by atoms with Gasteiger partial charge in [-0.15, -0.1) is 0 Å². The summed E-state index contributed by atoms with van der Waals surface area (Å²) in [5.41, 5.74) is 3.59. The van der Waals surface area contributed by atoms with Crippen LogP contribution in [-0.2, 0) is 19.5 Å². The third-order valence-electron chi connectivity index (χ3n) is 5.59. The van der Waals surface area contributed by atoms with E-state index in [9.17, 15) is 5.11 Å². The van der Waals surface area contributed by atoms with Gasteiger partial charge in [-0.3, -0.25) is 9.80 Å². The molecule has 0 radical (unpaired) electrons. The molecule has 3 heterocycles. The number of ether oxygens (including phenoxy) is 3. The average molecular weight is 368 g/mol. The number of piperazine rings is 1. The normalized spacial score (nSPS) is 19.1. The van der Waals surface area contributed by atoms with Crippen LogP contribution in [0.1, 0.15) is 16.7 Å². The summed E-state index contributed by atoms with van der Waals surface area (Å²) in [5, 5.41) is 10.2. The lowest BCUT2D eigenvalue weighted by atomic mass is 10.1. The zero-order chi connectivity index (χ0) is 18.2. The fourth-order valence-electron chi connectivity index (χ4n) is 4.04. The molecular weight excluding hydrogens is 344 g/mol. The Morgan fingerprint density at radius 2 is 1.56 bits per heavy atom. The van der Waals surface area contributed by atoms with Crippen molar-refractivity contribution in [3.63, 3.8) is 0 Å². The summed E-state index contributed by atoms with van der Waals surface area (Å²) in [6.45, 7) is 6.78. The second-order valence-electron chi connectivity index (χ2n) is 7.43. The van der Waals surface area contributed by atoms with Crippen LogP contribution in [0.5, 0.6) is 23.0 Å². The van der Waals surface area contributed by atoms with Gasteiger partial charge in [0.1, 0.15) is 11.5 Å². The van der Waals surface area contributed by atoms with E-state index in [0.717, 1.165) is 69.4 Å². The highest BCUT2D eigenvalue weighted by molar-refractivity contribution is 5.51. The molecule has 0 atom stereocenters. The maximum absolute atomic E-state index is 10.2. The first-order valence-corrected chi connectivity index (χ1v) is 9.55. The van der Waals surface area contributed by atoms with Crippen LogP contribution < -0.4 is 14.2 Å². The molecule has 5 rings (SSSR count). The molecule has 2 aromatic rings. The van der Waals surface area contributed by atoms with Gasteiger partial charge in [0.2, 0.25) is 6.79 Å². The molecule has 0 bridgehead atoms. The molecule has 0 saturated carbocycles. The molecule has 2 aromatic carbocycles. The van der Waals surface area contributed by atoms with Gasteiger partial charge in [-0.25, -0.2) is 0 Å². The van der Waals surface area contributed by atoms with Gasteiger partial charge in [0.25, 0.3) is 0 Å². The number of phenols is 1. The van der Waals surface area contributed by atoms with E-state index in [4.69, 9.17) is 14.2 Å². The fourth-order valence-corrected chi connectivity index (χ4v) is 4.04. The molecule has 0 aliphatic carbocycles. The van der Waals surface area contributed by atoms with Gasteiger partial charge in [-0.1, -0.05) is 12.1 Å². The van der Waals surface area contributed by atoms with Gasteiger partial charge in [0.15, 0.2) is 11.5 Å².